The van der Waals surface area contributed by atoms with Crippen molar-refractivity contribution in [2.75, 3.05) is 32.7 Å². The van der Waals surface area contributed by atoms with E-state index in [-0.39, 0.29) is 12.5 Å². The lowest BCUT2D eigenvalue weighted by Crippen LogP contribution is -2.14. The molecule has 0 amide bonds. The number of benzene rings is 1. The van der Waals surface area contributed by atoms with E-state index in [1.807, 2.05) is 25.1 Å². The third-order valence-electron chi connectivity index (χ3n) is 2.32. The minimum absolute atomic E-state index is 0.175. The van der Waals surface area contributed by atoms with Gasteiger partial charge in [0.15, 0.2) is 0 Å². The van der Waals surface area contributed by atoms with Crippen LogP contribution < -0.4 is 14.8 Å². The lowest BCUT2D eigenvalue weighted by atomic mass is 10.2. The van der Waals surface area contributed by atoms with Gasteiger partial charge in [-0.05, 0) is 5.92 Å². The number of aliphatic hydroxyl groups is 1. The molecule has 0 aliphatic rings. The van der Waals surface area contributed by atoms with E-state index in [2.05, 4.69) is 5.32 Å². The molecule has 0 aromatic heterocycles. The van der Waals surface area contributed by atoms with Gasteiger partial charge in [0.1, 0.15) is 11.5 Å². The first-order valence-electron chi connectivity index (χ1n) is 5.27. The van der Waals surface area contributed by atoms with Gasteiger partial charge in [0.2, 0.25) is 0 Å². The normalized spacial score (nSPS) is 12.0. The predicted molar refractivity (Wildman–Crippen MR) is 64.3 cm³/mol. The van der Waals surface area contributed by atoms with Crippen molar-refractivity contribution >= 4 is 5.69 Å². The standard InChI is InChI=1S/C12H19NO3/c1-9(8-14)7-13-10-4-11(15-2)6-12(5-10)16-3/h4-6,9,13-14H,7-8H2,1-3H3. The van der Waals surface area contributed by atoms with Crippen molar-refractivity contribution < 1.29 is 14.6 Å². The summed E-state index contributed by atoms with van der Waals surface area (Å²) in [5, 5.41) is 12.1. The van der Waals surface area contributed by atoms with E-state index < -0.39 is 0 Å². The Morgan fingerprint density at radius 3 is 2.19 bits per heavy atom. The molecule has 1 aromatic carbocycles. The molecule has 1 unspecified atom stereocenters. The van der Waals surface area contributed by atoms with Crippen LogP contribution in [0.2, 0.25) is 0 Å². The maximum Gasteiger partial charge on any atom is 0.124 e. The molecular formula is C12H19NO3. The van der Waals surface area contributed by atoms with Gasteiger partial charge in [0.25, 0.3) is 0 Å². The number of hydrogen-bond donors (Lipinski definition) is 2. The van der Waals surface area contributed by atoms with Crippen molar-refractivity contribution in [3.8, 4) is 11.5 Å². The molecule has 0 spiro atoms. The van der Waals surface area contributed by atoms with E-state index in [4.69, 9.17) is 14.6 Å². The zero-order chi connectivity index (χ0) is 12.0. The van der Waals surface area contributed by atoms with Crippen molar-refractivity contribution in [3.05, 3.63) is 18.2 Å². The second-order valence-corrected chi connectivity index (χ2v) is 3.77. The number of nitrogens with one attached hydrogen (secondary N) is 1. The maximum absolute atomic E-state index is 8.92. The molecule has 0 aliphatic heterocycles. The number of rotatable bonds is 6. The van der Waals surface area contributed by atoms with Gasteiger partial charge >= 0.3 is 0 Å². The monoisotopic (exact) mass is 225 g/mol. The summed E-state index contributed by atoms with van der Waals surface area (Å²) in [6, 6.07) is 5.61. The highest BCUT2D eigenvalue weighted by Crippen LogP contribution is 2.25. The number of aliphatic hydroxyl groups excluding tert-OH is 1. The fourth-order valence-electron chi connectivity index (χ4n) is 1.27. The van der Waals surface area contributed by atoms with E-state index in [0.29, 0.717) is 6.54 Å². The molecule has 4 nitrogen and oxygen atoms in total. The highest BCUT2D eigenvalue weighted by molar-refractivity contribution is 5.53. The first-order valence-corrected chi connectivity index (χ1v) is 5.27. The highest BCUT2D eigenvalue weighted by atomic mass is 16.5. The zero-order valence-electron chi connectivity index (χ0n) is 9.99. The van der Waals surface area contributed by atoms with Crippen LogP contribution in [-0.2, 0) is 0 Å². The van der Waals surface area contributed by atoms with Crippen LogP contribution in [0.25, 0.3) is 0 Å². The van der Waals surface area contributed by atoms with Gasteiger partial charge in [0.05, 0.1) is 14.2 Å². The van der Waals surface area contributed by atoms with E-state index in [9.17, 15) is 0 Å². The van der Waals surface area contributed by atoms with Crippen molar-refractivity contribution in [2.45, 2.75) is 6.92 Å². The molecule has 0 aliphatic carbocycles. The Kier molecular flexibility index (Phi) is 4.92. The lowest BCUT2D eigenvalue weighted by molar-refractivity contribution is 0.244. The largest absolute Gasteiger partial charge is 0.497 e. The Hall–Kier alpha value is -1.42. The molecule has 1 atom stereocenters. The number of methoxy groups -OCH3 is 2. The summed E-state index contributed by atoms with van der Waals surface area (Å²) in [6.07, 6.45) is 0. The summed E-state index contributed by atoms with van der Waals surface area (Å²) in [6.45, 7) is 2.87. The maximum atomic E-state index is 8.92. The molecule has 90 valence electrons. The topological polar surface area (TPSA) is 50.7 Å². The Morgan fingerprint density at radius 2 is 1.75 bits per heavy atom. The molecule has 1 aromatic rings. The van der Waals surface area contributed by atoms with E-state index in [1.54, 1.807) is 14.2 Å². The summed E-state index contributed by atoms with van der Waals surface area (Å²) in [5.74, 6) is 1.72. The smallest absolute Gasteiger partial charge is 0.124 e. The van der Waals surface area contributed by atoms with Crippen molar-refractivity contribution in [1.82, 2.24) is 0 Å². The summed E-state index contributed by atoms with van der Waals surface area (Å²) >= 11 is 0. The Balaban J connectivity index is 2.71. The summed E-state index contributed by atoms with van der Waals surface area (Å²) in [4.78, 5) is 0. The number of anilines is 1. The molecule has 2 N–H and O–H groups in total. The van der Waals surface area contributed by atoms with Crippen LogP contribution in [0.5, 0.6) is 11.5 Å². The molecule has 0 radical (unpaired) electrons. The minimum Gasteiger partial charge on any atom is -0.497 e. The number of hydrogen-bond acceptors (Lipinski definition) is 4. The average Bonchev–Trinajstić information content (AvgIpc) is 2.35. The molecule has 16 heavy (non-hydrogen) atoms. The molecule has 0 bridgehead atoms. The molecule has 4 heteroatoms. The molecule has 1 rings (SSSR count). The van der Waals surface area contributed by atoms with Gasteiger partial charge < -0.3 is 19.9 Å². The molecular weight excluding hydrogens is 206 g/mol. The van der Waals surface area contributed by atoms with E-state index >= 15 is 0 Å². The summed E-state index contributed by atoms with van der Waals surface area (Å²) in [7, 11) is 3.24. The van der Waals surface area contributed by atoms with Crippen LogP contribution in [0.1, 0.15) is 6.92 Å². The predicted octanol–water partition coefficient (Wildman–Crippen LogP) is 1.74. The van der Waals surface area contributed by atoms with E-state index in [0.717, 1.165) is 17.2 Å². The highest BCUT2D eigenvalue weighted by Gasteiger charge is 2.03. The van der Waals surface area contributed by atoms with Gasteiger partial charge in [-0.3, -0.25) is 0 Å². The second-order valence-electron chi connectivity index (χ2n) is 3.77. The van der Waals surface area contributed by atoms with Crippen molar-refractivity contribution in [2.24, 2.45) is 5.92 Å². The fraction of sp³-hybridized carbons (Fsp3) is 0.500. The van der Waals surface area contributed by atoms with Crippen LogP contribution in [0, 0.1) is 5.92 Å². The Labute approximate surface area is 96.2 Å². The fourth-order valence-corrected chi connectivity index (χ4v) is 1.27. The first-order chi connectivity index (χ1) is 7.69. The third-order valence-corrected chi connectivity index (χ3v) is 2.32. The van der Waals surface area contributed by atoms with Gasteiger partial charge in [0, 0.05) is 37.0 Å². The minimum atomic E-state index is 0.175. The SMILES string of the molecule is COc1cc(NCC(C)CO)cc(OC)c1. The van der Waals surface area contributed by atoms with Crippen LogP contribution in [-0.4, -0.2) is 32.5 Å². The van der Waals surface area contributed by atoms with Crippen LogP contribution in [0.4, 0.5) is 5.69 Å². The summed E-state index contributed by atoms with van der Waals surface area (Å²) < 4.78 is 10.3. The molecule has 0 saturated carbocycles. The average molecular weight is 225 g/mol. The van der Waals surface area contributed by atoms with Gasteiger partial charge in [-0.2, -0.15) is 0 Å². The zero-order valence-corrected chi connectivity index (χ0v) is 9.99. The lowest BCUT2D eigenvalue weighted by Gasteiger charge is -2.13. The van der Waals surface area contributed by atoms with Gasteiger partial charge in [-0.15, -0.1) is 0 Å². The van der Waals surface area contributed by atoms with Crippen LogP contribution >= 0.6 is 0 Å². The molecule has 0 saturated heterocycles. The quantitative estimate of drug-likeness (QED) is 0.774. The van der Waals surface area contributed by atoms with Gasteiger partial charge in [-0.25, -0.2) is 0 Å². The first kappa shape index (κ1) is 12.6. The second kappa shape index (κ2) is 6.23. The summed E-state index contributed by atoms with van der Waals surface area (Å²) in [5.41, 5.74) is 0.927. The van der Waals surface area contributed by atoms with Gasteiger partial charge in [-0.1, -0.05) is 6.92 Å². The Morgan fingerprint density at radius 1 is 1.19 bits per heavy atom. The molecule has 0 fully saturated rings. The van der Waals surface area contributed by atoms with Crippen molar-refractivity contribution in [1.29, 1.82) is 0 Å². The van der Waals surface area contributed by atoms with Crippen molar-refractivity contribution in [3.63, 3.8) is 0 Å². The van der Waals surface area contributed by atoms with Crippen LogP contribution in [0.3, 0.4) is 0 Å². The third kappa shape index (κ3) is 3.62. The van der Waals surface area contributed by atoms with Crippen LogP contribution in [0.15, 0.2) is 18.2 Å². The molecule has 0 heterocycles. The number of ether oxygens (including phenoxy) is 2. The van der Waals surface area contributed by atoms with E-state index in [1.165, 1.54) is 0 Å². The Bertz CT molecular complexity index is 306.